The van der Waals surface area contributed by atoms with Crippen LogP contribution < -0.4 is 4.74 Å². The molecule has 2 aliphatic rings. The van der Waals surface area contributed by atoms with Gasteiger partial charge in [0.1, 0.15) is 17.4 Å². The summed E-state index contributed by atoms with van der Waals surface area (Å²) >= 11 is 0. The molecular formula is C27H26F3NO3. The lowest BCUT2D eigenvalue weighted by Gasteiger charge is -2.46. The monoisotopic (exact) mass is 469 g/mol. The Kier molecular flexibility index (Phi) is 5.63. The first kappa shape index (κ1) is 24.0. The molecule has 178 valence electrons. The van der Waals surface area contributed by atoms with Crippen LogP contribution in [0.1, 0.15) is 68.7 Å². The van der Waals surface area contributed by atoms with Crippen LogP contribution in [0.2, 0.25) is 0 Å². The van der Waals surface area contributed by atoms with Gasteiger partial charge in [0.25, 0.3) is 0 Å². The molecule has 0 saturated heterocycles. The molecule has 2 saturated carbocycles. The molecule has 0 amide bonds. The summed E-state index contributed by atoms with van der Waals surface area (Å²) < 4.78 is 45.1. The minimum atomic E-state index is -4.65. The molecule has 0 aromatic heterocycles. The van der Waals surface area contributed by atoms with E-state index in [1.54, 1.807) is 24.3 Å². The Balaban J connectivity index is 1.73. The average molecular weight is 470 g/mol. The topological polar surface area (TPSA) is 67.2 Å². The summed E-state index contributed by atoms with van der Waals surface area (Å²) in [5.74, 6) is -0.885. The van der Waals surface area contributed by atoms with Crippen molar-refractivity contribution in [1.29, 1.82) is 5.26 Å². The van der Waals surface area contributed by atoms with Crippen molar-refractivity contribution < 1.29 is 27.5 Å². The maximum absolute atomic E-state index is 13.7. The molecule has 2 aromatic rings. The van der Waals surface area contributed by atoms with Crippen molar-refractivity contribution in [2.45, 2.75) is 59.1 Å². The second-order valence-electron chi connectivity index (χ2n) is 9.98. The molecule has 2 aliphatic carbocycles. The minimum Gasteiger partial charge on any atom is -0.457 e. The van der Waals surface area contributed by atoms with E-state index in [4.69, 9.17) is 10.00 Å². The van der Waals surface area contributed by atoms with E-state index in [0.717, 1.165) is 23.8 Å². The maximum atomic E-state index is 13.7. The minimum absolute atomic E-state index is 0.0641. The second kappa shape index (κ2) is 7.97. The van der Waals surface area contributed by atoms with Gasteiger partial charge in [-0.1, -0.05) is 33.8 Å². The zero-order chi connectivity index (χ0) is 25.1. The van der Waals surface area contributed by atoms with E-state index in [9.17, 15) is 22.8 Å². The second-order valence-corrected chi connectivity index (χ2v) is 9.98. The van der Waals surface area contributed by atoms with Gasteiger partial charge in [-0.05, 0) is 66.1 Å². The zero-order valence-electron chi connectivity index (χ0n) is 19.5. The lowest BCUT2D eigenvalue weighted by atomic mass is 9.54. The van der Waals surface area contributed by atoms with Gasteiger partial charge in [0, 0.05) is 11.3 Å². The highest BCUT2D eigenvalue weighted by Crippen LogP contribution is 2.62. The van der Waals surface area contributed by atoms with E-state index in [-0.39, 0.29) is 23.2 Å². The largest absolute Gasteiger partial charge is 0.457 e. The molecule has 0 spiro atoms. The number of carbonyl (C=O) groups is 2. The smallest absolute Gasteiger partial charge is 0.417 e. The predicted molar refractivity (Wildman–Crippen MR) is 119 cm³/mol. The van der Waals surface area contributed by atoms with Crippen molar-refractivity contribution in [3.63, 3.8) is 0 Å². The summed E-state index contributed by atoms with van der Waals surface area (Å²) in [5.41, 5.74) is -1.14. The van der Waals surface area contributed by atoms with Crippen LogP contribution in [-0.2, 0) is 22.2 Å². The molecular weight excluding hydrogens is 443 g/mol. The average Bonchev–Trinajstić information content (AvgIpc) is 2.96. The van der Waals surface area contributed by atoms with Crippen molar-refractivity contribution in [3.8, 4) is 17.6 Å². The Morgan fingerprint density at radius 1 is 1.09 bits per heavy atom. The Morgan fingerprint density at radius 2 is 1.74 bits per heavy atom. The number of benzene rings is 2. The number of halogens is 3. The van der Waals surface area contributed by atoms with E-state index < -0.39 is 34.1 Å². The van der Waals surface area contributed by atoms with E-state index in [2.05, 4.69) is 0 Å². The van der Waals surface area contributed by atoms with Gasteiger partial charge >= 0.3 is 6.18 Å². The number of alkyl halides is 3. The lowest BCUT2D eigenvalue weighted by molar-refractivity contribution is -0.149. The number of fused-ring (bicyclic) bond motifs is 2. The Labute approximate surface area is 196 Å². The van der Waals surface area contributed by atoms with E-state index in [1.165, 1.54) is 0 Å². The Hall–Kier alpha value is -3.14. The third kappa shape index (κ3) is 3.51. The highest BCUT2D eigenvalue weighted by Gasteiger charge is 2.64. The van der Waals surface area contributed by atoms with E-state index in [0.29, 0.717) is 30.6 Å². The molecule has 2 aromatic carbocycles. The number of hydrogen-bond donors (Lipinski definition) is 0. The lowest BCUT2D eigenvalue weighted by Crippen LogP contribution is -2.52. The first-order valence-corrected chi connectivity index (χ1v) is 11.3. The Bertz CT molecular complexity index is 1220. The molecule has 3 atom stereocenters. The molecule has 7 heteroatoms. The van der Waals surface area contributed by atoms with Gasteiger partial charge < -0.3 is 4.74 Å². The fourth-order valence-electron chi connectivity index (χ4n) is 5.67. The number of ketones is 2. The van der Waals surface area contributed by atoms with Gasteiger partial charge in [0.15, 0.2) is 11.6 Å². The standard InChI is InChI=1S/C27H26F3NO3/c1-5-15-6-7-18(34-17-8-9-20(27(28,29)30)16(12-17)14-31)13-19(15)22-23(32)21-10-11-26(4,24(22)33)25(21,2)3/h6-9,12-13,21-22H,5,10-11H2,1-4H3. The SMILES string of the molecule is CCc1ccc(Oc2ccc(C(F)(F)F)c(C#N)c2)cc1C1C(=O)C2CCC(C)(C1=O)C2(C)C. The van der Waals surface area contributed by atoms with Crippen LogP contribution in [0.25, 0.3) is 0 Å². The number of ether oxygens (including phenoxy) is 1. The highest BCUT2D eigenvalue weighted by molar-refractivity contribution is 6.14. The third-order valence-electron chi connectivity index (χ3n) is 8.12. The molecule has 2 bridgehead atoms. The first-order chi connectivity index (χ1) is 15.8. The highest BCUT2D eigenvalue weighted by atomic mass is 19.4. The van der Waals surface area contributed by atoms with Crippen molar-refractivity contribution in [1.82, 2.24) is 0 Å². The van der Waals surface area contributed by atoms with Crippen molar-refractivity contribution in [3.05, 3.63) is 58.7 Å². The zero-order valence-corrected chi connectivity index (χ0v) is 19.5. The molecule has 3 unspecified atom stereocenters. The molecule has 0 N–H and O–H groups in total. The molecule has 0 aliphatic heterocycles. The van der Waals surface area contributed by atoms with E-state index >= 15 is 0 Å². The number of nitrogens with zero attached hydrogens (tertiary/aromatic N) is 1. The first-order valence-electron chi connectivity index (χ1n) is 11.3. The van der Waals surface area contributed by atoms with Gasteiger partial charge in [-0.25, -0.2) is 0 Å². The molecule has 0 radical (unpaired) electrons. The van der Waals surface area contributed by atoms with Crippen LogP contribution >= 0.6 is 0 Å². The molecule has 2 fully saturated rings. The third-order valence-corrected chi connectivity index (χ3v) is 8.12. The number of rotatable bonds is 4. The van der Waals surface area contributed by atoms with Crippen molar-refractivity contribution in [2.75, 3.05) is 0 Å². The molecule has 0 heterocycles. The van der Waals surface area contributed by atoms with E-state index in [1.807, 2.05) is 27.7 Å². The van der Waals surface area contributed by atoms with Gasteiger partial charge in [-0.3, -0.25) is 9.59 Å². The van der Waals surface area contributed by atoms with Crippen LogP contribution in [0.3, 0.4) is 0 Å². The fraction of sp³-hybridized carbons (Fsp3) is 0.444. The van der Waals surface area contributed by atoms with Crippen molar-refractivity contribution in [2.24, 2.45) is 16.7 Å². The van der Waals surface area contributed by atoms with Gasteiger partial charge in [0.05, 0.1) is 17.2 Å². The predicted octanol–water partition coefficient (Wildman–Crippen LogP) is 6.61. The van der Waals surface area contributed by atoms with Crippen LogP contribution in [0.15, 0.2) is 36.4 Å². The fourth-order valence-corrected chi connectivity index (χ4v) is 5.67. The summed E-state index contributed by atoms with van der Waals surface area (Å²) in [6.07, 6.45) is -2.68. The summed E-state index contributed by atoms with van der Waals surface area (Å²) in [6.45, 7) is 7.88. The van der Waals surface area contributed by atoms with Crippen LogP contribution in [0.5, 0.6) is 11.5 Å². The normalized spacial score (nSPS) is 25.8. The number of carbonyl (C=O) groups excluding carboxylic acids is 2. The summed E-state index contributed by atoms with van der Waals surface area (Å²) in [5, 5.41) is 9.15. The summed E-state index contributed by atoms with van der Waals surface area (Å²) in [7, 11) is 0. The van der Waals surface area contributed by atoms with Crippen LogP contribution in [0, 0.1) is 28.1 Å². The van der Waals surface area contributed by atoms with Crippen LogP contribution in [0.4, 0.5) is 13.2 Å². The number of hydrogen-bond acceptors (Lipinski definition) is 4. The van der Waals surface area contributed by atoms with Crippen molar-refractivity contribution >= 4 is 11.6 Å². The quantitative estimate of drug-likeness (QED) is 0.473. The number of aryl methyl sites for hydroxylation is 1. The van der Waals surface area contributed by atoms with Crippen LogP contribution in [-0.4, -0.2) is 11.6 Å². The van der Waals surface area contributed by atoms with Gasteiger partial charge in [-0.2, -0.15) is 18.4 Å². The summed E-state index contributed by atoms with van der Waals surface area (Å²) in [4.78, 5) is 27.2. The van der Waals surface area contributed by atoms with Gasteiger partial charge in [-0.15, -0.1) is 0 Å². The summed E-state index contributed by atoms with van der Waals surface area (Å²) in [6, 6.07) is 9.64. The number of nitriles is 1. The molecule has 4 nitrogen and oxygen atoms in total. The Morgan fingerprint density at radius 3 is 2.35 bits per heavy atom. The maximum Gasteiger partial charge on any atom is 0.417 e. The number of Topliss-reactive ketones (excluding diaryl/α,β-unsaturated/α-hetero) is 2. The molecule has 34 heavy (non-hydrogen) atoms. The molecule has 4 rings (SSSR count). The van der Waals surface area contributed by atoms with Gasteiger partial charge in [0.2, 0.25) is 0 Å².